The van der Waals surface area contributed by atoms with Crippen LogP contribution in [0.3, 0.4) is 0 Å². The minimum absolute atomic E-state index is 0.219. The van der Waals surface area contributed by atoms with Gasteiger partial charge in [0.1, 0.15) is 17.4 Å². The van der Waals surface area contributed by atoms with Gasteiger partial charge in [-0.05, 0) is 31.5 Å². The largest absolute Gasteiger partial charge is 0.410 e. The van der Waals surface area contributed by atoms with Gasteiger partial charge in [0.2, 0.25) is 0 Å². The number of amides is 1. The van der Waals surface area contributed by atoms with E-state index in [-0.39, 0.29) is 11.8 Å². The van der Waals surface area contributed by atoms with Crippen molar-refractivity contribution in [3.8, 4) is 5.75 Å². The van der Waals surface area contributed by atoms with Gasteiger partial charge in [0.15, 0.2) is 0 Å². The molecule has 1 aromatic carbocycles. The Balaban J connectivity index is 1.62. The Morgan fingerprint density at radius 3 is 2.71 bits per heavy atom. The van der Waals surface area contributed by atoms with Crippen LogP contribution < -0.4 is 10.5 Å². The van der Waals surface area contributed by atoms with Crippen LogP contribution in [0.5, 0.6) is 5.75 Å². The quantitative estimate of drug-likeness (QED) is 0.794. The van der Waals surface area contributed by atoms with Crippen LogP contribution in [-0.4, -0.2) is 26.0 Å². The smallest absolute Gasteiger partial charge is 0.409 e. The number of carbonyl (C=O) groups is 1. The second-order valence-electron chi connectivity index (χ2n) is 5.87. The molecule has 1 fully saturated rings. The summed E-state index contributed by atoms with van der Waals surface area (Å²) in [5.41, 5.74) is 6.72. The third kappa shape index (κ3) is 2.76. The fourth-order valence-electron chi connectivity index (χ4n) is 2.79. The van der Waals surface area contributed by atoms with Crippen LogP contribution in [-0.2, 0) is 0 Å². The Morgan fingerprint density at radius 2 is 1.96 bits per heavy atom. The van der Waals surface area contributed by atoms with E-state index in [9.17, 15) is 4.79 Å². The van der Waals surface area contributed by atoms with Crippen LogP contribution in [0.4, 0.5) is 4.79 Å². The highest BCUT2D eigenvalue weighted by Crippen LogP contribution is 2.52. The zero-order chi connectivity index (χ0) is 16.7. The van der Waals surface area contributed by atoms with E-state index in [1.807, 2.05) is 13.0 Å². The maximum atomic E-state index is 10.9. The average Bonchev–Trinajstić information content (AvgIpc) is 3.34. The van der Waals surface area contributed by atoms with Gasteiger partial charge in [-0.1, -0.05) is 0 Å². The fourth-order valence-corrected chi connectivity index (χ4v) is 2.79. The molecule has 0 spiro atoms. The van der Waals surface area contributed by atoms with Gasteiger partial charge in [0, 0.05) is 41.4 Å². The molecule has 0 radical (unpaired) electrons. The first-order valence-corrected chi connectivity index (χ1v) is 7.63. The molecule has 0 saturated heterocycles. The highest BCUT2D eigenvalue weighted by Gasteiger charge is 2.44. The summed E-state index contributed by atoms with van der Waals surface area (Å²) in [6, 6.07) is 7.03. The number of primary amides is 1. The molecule has 0 bridgehead atoms. The maximum Gasteiger partial charge on any atom is 0.409 e. The summed E-state index contributed by atoms with van der Waals surface area (Å²) in [4.78, 5) is 28.8. The molecule has 2 heterocycles. The summed E-state index contributed by atoms with van der Waals surface area (Å²) in [5, 5.41) is 0.875. The normalized spacial score (nSPS) is 19.2. The van der Waals surface area contributed by atoms with Crippen molar-refractivity contribution in [2.45, 2.75) is 25.2 Å². The number of hydrogen-bond donors (Lipinski definition) is 1. The molecule has 1 aliphatic carbocycles. The molecule has 1 amide bonds. The van der Waals surface area contributed by atoms with E-state index in [4.69, 9.17) is 10.5 Å². The second-order valence-corrected chi connectivity index (χ2v) is 5.87. The number of hydrogen-bond acceptors (Lipinski definition) is 6. The molecule has 2 aromatic heterocycles. The van der Waals surface area contributed by atoms with Gasteiger partial charge >= 0.3 is 6.09 Å². The van der Waals surface area contributed by atoms with E-state index >= 15 is 0 Å². The Bertz CT molecular complexity index is 943. The molecule has 0 aliphatic heterocycles. The summed E-state index contributed by atoms with van der Waals surface area (Å²) in [6.45, 7) is 1.95. The van der Waals surface area contributed by atoms with Crippen molar-refractivity contribution >= 4 is 17.0 Å². The number of nitrogens with zero attached hydrogens (tertiary/aromatic N) is 4. The van der Waals surface area contributed by atoms with Gasteiger partial charge in [-0.3, -0.25) is 0 Å². The number of carbonyl (C=O) groups excluding carboxylic acids is 1. The van der Waals surface area contributed by atoms with Crippen molar-refractivity contribution in [3.63, 3.8) is 0 Å². The average molecular weight is 321 g/mol. The minimum atomic E-state index is -0.845. The maximum absolute atomic E-state index is 10.9. The lowest BCUT2D eigenvalue weighted by Gasteiger charge is -2.04. The van der Waals surface area contributed by atoms with Crippen molar-refractivity contribution in [2.75, 3.05) is 0 Å². The molecular weight excluding hydrogens is 306 g/mol. The van der Waals surface area contributed by atoms with Crippen LogP contribution in [0.1, 0.15) is 35.6 Å². The molecule has 1 saturated carbocycles. The number of nitrogens with two attached hydrogens (primary N) is 1. The molecule has 2 atom stereocenters. The molecule has 120 valence electrons. The van der Waals surface area contributed by atoms with Crippen molar-refractivity contribution < 1.29 is 9.53 Å². The molecule has 2 N–H and O–H groups in total. The highest BCUT2D eigenvalue weighted by atomic mass is 16.5. The summed E-state index contributed by atoms with van der Waals surface area (Å²) in [5.74, 6) is 2.45. The first-order valence-electron chi connectivity index (χ1n) is 7.63. The fraction of sp³-hybridized carbons (Fsp3) is 0.235. The van der Waals surface area contributed by atoms with Crippen LogP contribution in [0.2, 0.25) is 0 Å². The zero-order valence-electron chi connectivity index (χ0n) is 13.0. The predicted octanol–water partition coefficient (Wildman–Crippen LogP) is 2.46. The Kier molecular flexibility index (Phi) is 3.34. The topological polar surface area (TPSA) is 104 Å². The van der Waals surface area contributed by atoms with E-state index in [2.05, 4.69) is 19.9 Å². The van der Waals surface area contributed by atoms with Gasteiger partial charge in [0.25, 0.3) is 0 Å². The lowest BCUT2D eigenvalue weighted by molar-refractivity contribution is 0.211. The molecular formula is C17H15N5O2. The number of rotatable bonds is 3. The van der Waals surface area contributed by atoms with Crippen LogP contribution in [0.15, 0.2) is 36.7 Å². The van der Waals surface area contributed by atoms with E-state index in [1.165, 1.54) is 0 Å². The first kappa shape index (κ1) is 14.5. The molecule has 1 aliphatic rings. The number of fused-ring (bicyclic) bond motifs is 1. The van der Waals surface area contributed by atoms with Crippen LogP contribution in [0, 0.1) is 6.92 Å². The molecule has 3 aromatic rings. The Hall–Kier alpha value is -3.09. The molecule has 7 nitrogen and oxygen atoms in total. The van der Waals surface area contributed by atoms with Gasteiger partial charge in [-0.2, -0.15) is 0 Å². The van der Waals surface area contributed by atoms with E-state index in [1.54, 1.807) is 30.6 Å². The minimum Gasteiger partial charge on any atom is -0.410 e. The van der Waals surface area contributed by atoms with Gasteiger partial charge in [-0.15, -0.1) is 0 Å². The lowest BCUT2D eigenvalue weighted by Crippen LogP contribution is -2.16. The van der Waals surface area contributed by atoms with Crippen molar-refractivity contribution in [1.29, 1.82) is 0 Å². The van der Waals surface area contributed by atoms with Crippen molar-refractivity contribution in [1.82, 2.24) is 19.9 Å². The van der Waals surface area contributed by atoms with E-state index in [0.29, 0.717) is 5.75 Å². The molecule has 4 rings (SSSR count). The SMILES string of the molecule is Cc1ccnc([C@H]2C[C@@H]2c2ncc3ccc(OC(N)=O)cc3n2)n1. The van der Waals surface area contributed by atoms with Crippen LogP contribution in [0.25, 0.3) is 10.9 Å². The van der Waals surface area contributed by atoms with Gasteiger partial charge < -0.3 is 10.5 Å². The van der Waals surface area contributed by atoms with Gasteiger partial charge in [0.05, 0.1) is 5.52 Å². The Labute approximate surface area is 137 Å². The third-order valence-electron chi connectivity index (χ3n) is 4.06. The first-order chi connectivity index (χ1) is 11.6. The third-order valence-corrected chi connectivity index (χ3v) is 4.06. The van der Waals surface area contributed by atoms with Crippen molar-refractivity contribution in [3.05, 3.63) is 54.0 Å². The van der Waals surface area contributed by atoms with E-state index < -0.39 is 6.09 Å². The highest BCUT2D eigenvalue weighted by molar-refractivity contribution is 5.80. The second kappa shape index (κ2) is 5.52. The molecule has 24 heavy (non-hydrogen) atoms. The number of aromatic nitrogens is 4. The number of benzene rings is 1. The summed E-state index contributed by atoms with van der Waals surface area (Å²) in [6.07, 6.45) is 3.65. The van der Waals surface area contributed by atoms with E-state index in [0.717, 1.165) is 34.7 Å². The number of aryl methyl sites for hydroxylation is 1. The Morgan fingerprint density at radius 1 is 1.17 bits per heavy atom. The zero-order valence-corrected chi connectivity index (χ0v) is 13.0. The van der Waals surface area contributed by atoms with Gasteiger partial charge in [-0.25, -0.2) is 24.7 Å². The van der Waals surface area contributed by atoms with Crippen molar-refractivity contribution in [2.24, 2.45) is 5.73 Å². The van der Waals surface area contributed by atoms with Crippen LogP contribution >= 0.6 is 0 Å². The monoisotopic (exact) mass is 321 g/mol. The summed E-state index contributed by atoms with van der Waals surface area (Å²) < 4.78 is 4.90. The summed E-state index contributed by atoms with van der Waals surface area (Å²) in [7, 11) is 0. The molecule has 0 unspecified atom stereocenters. The lowest BCUT2D eigenvalue weighted by atomic mass is 10.2. The summed E-state index contributed by atoms with van der Waals surface area (Å²) >= 11 is 0. The standard InChI is InChI=1S/C17H15N5O2/c1-9-4-5-19-15(21-9)12-7-13(12)16-20-8-10-2-3-11(24-17(18)23)6-14(10)22-16/h2-6,8,12-13H,7H2,1H3,(H2,18,23)/t12-,13-/m0/s1. The number of ether oxygens (including phenoxy) is 1. The molecule has 7 heteroatoms. The predicted molar refractivity (Wildman–Crippen MR) is 86.6 cm³/mol.